The molecule has 42 heavy (non-hydrogen) atoms. The molecule has 1 heterocycles. The fourth-order valence-electron chi connectivity index (χ4n) is 5.06. The molecule has 9 nitrogen and oxygen atoms in total. The van der Waals surface area contributed by atoms with Gasteiger partial charge in [-0.3, -0.25) is 9.52 Å². The monoisotopic (exact) mass is 607 g/mol. The van der Waals surface area contributed by atoms with Gasteiger partial charge in [-0.15, -0.1) is 0 Å². The normalized spacial score (nSPS) is 21.8. The Hall–Kier alpha value is -2.73. The largest absolute Gasteiger partial charge is 0.490 e. The van der Waals surface area contributed by atoms with E-state index in [1.165, 1.54) is 18.2 Å². The Balaban J connectivity index is 2.00. The fraction of sp³-hybridized carbons (Fsp3) is 0.581. The Morgan fingerprint density at radius 1 is 1.17 bits per heavy atom. The molecule has 4 atom stereocenters. The first-order chi connectivity index (χ1) is 19.9. The average molecular weight is 608 g/mol. The lowest BCUT2D eigenvalue weighted by Crippen LogP contribution is -2.47. The highest BCUT2D eigenvalue weighted by molar-refractivity contribution is 7.92. The molecule has 234 valence electrons. The smallest absolute Gasteiger partial charge is 0.261 e. The second kappa shape index (κ2) is 15.7. The van der Waals surface area contributed by atoms with Gasteiger partial charge in [0.05, 0.1) is 35.3 Å². The molecule has 0 radical (unpaired) electrons. The van der Waals surface area contributed by atoms with Gasteiger partial charge in [-0.05, 0) is 95.6 Å². The minimum Gasteiger partial charge on any atom is -0.490 e. The number of nitrogens with zero attached hydrogens (tertiary/aromatic N) is 2. The Morgan fingerprint density at radius 2 is 1.88 bits per heavy atom. The minimum atomic E-state index is -4.04. The van der Waals surface area contributed by atoms with E-state index < -0.39 is 21.9 Å². The number of sulfonamides is 1. The number of benzene rings is 2. The summed E-state index contributed by atoms with van der Waals surface area (Å²) in [5.74, 6) is -0.638. The summed E-state index contributed by atoms with van der Waals surface area (Å²) in [5, 5.41) is 10.1. The molecule has 0 saturated heterocycles. The van der Waals surface area contributed by atoms with Crippen molar-refractivity contribution in [2.45, 2.75) is 76.5 Å². The van der Waals surface area contributed by atoms with Crippen molar-refractivity contribution < 1.29 is 32.2 Å². The lowest BCUT2D eigenvalue weighted by molar-refractivity contribution is -0.0167. The molecule has 0 fully saturated rings. The van der Waals surface area contributed by atoms with Gasteiger partial charge in [0.2, 0.25) is 0 Å². The van der Waals surface area contributed by atoms with E-state index in [1.807, 2.05) is 13.8 Å². The molecule has 11 heteroatoms. The summed E-state index contributed by atoms with van der Waals surface area (Å²) in [5.41, 5.74) is 0.349. The standard InChI is InChI=1S/C31H46FN3O6S/c1-6-16-34(5)20-30-22(2)19-35(23(3)21-36)31(37)28-18-26(33-42(38,39)27-13-10-25(32)11-14-27)12-15-29(28)41-24(4)9-7-8-17-40-30/h10-15,18,22-24,30,33,36H,6-9,16-17,19-21H2,1-5H3/t22-,23-,24+,30-/m0/s1. The second-order valence-electron chi connectivity index (χ2n) is 11.3. The third-order valence-corrected chi connectivity index (χ3v) is 8.92. The number of amides is 1. The molecule has 0 aliphatic carbocycles. The predicted octanol–water partition coefficient (Wildman–Crippen LogP) is 4.76. The number of aliphatic hydroxyl groups is 1. The van der Waals surface area contributed by atoms with Gasteiger partial charge in [-0.2, -0.15) is 0 Å². The van der Waals surface area contributed by atoms with Crippen LogP contribution in [0.3, 0.4) is 0 Å². The number of hydrogen-bond acceptors (Lipinski definition) is 7. The fourth-order valence-corrected chi connectivity index (χ4v) is 6.11. The number of anilines is 1. The van der Waals surface area contributed by atoms with Gasteiger partial charge in [-0.25, -0.2) is 12.8 Å². The molecule has 2 N–H and O–H groups in total. The van der Waals surface area contributed by atoms with E-state index in [2.05, 4.69) is 23.6 Å². The van der Waals surface area contributed by atoms with Crippen molar-refractivity contribution in [3.63, 3.8) is 0 Å². The quantitative estimate of drug-likeness (QED) is 0.423. The third-order valence-electron chi connectivity index (χ3n) is 7.52. The molecule has 0 spiro atoms. The lowest BCUT2D eigenvalue weighted by Gasteiger charge is -2.35. The molecule has 2 aromatic carbocycles. The van der Waals surface area contributed by atoms with Gasteiger partial charge in [-0.1, -0.05) is 13.8 Å². The molecule has 0 saturated carbocycles. The molecule has 2 aromatic rings. The number of carbonyl (C=O) groups excluding carboxylic acids is 1. The summed E-state index contributed by atoms with van der Waals surface area (Å²) in [6.07, 6.45) is 3.22. The van der Waals surface area contributed by atoms with Crippen LogP contribution in [0.25, 0.3) is 0 Å². The predicted molar refractivity (Wildman–Crippen MR) is 162 cm³/mol. The Morgan fingerprint density at radius 3 is 2.55 bits per heavy atom. The van der Waals surface area contributed by atoms with Crippen molar-refractivity contribution in [2.75, 3.05) is 44.6 Å². The van der Waals surface area contributed by atoms with Crippen LogP contribution in [0.5, 0.6) is 5.75 Å². The highest BCUT2D eigenvalue weighted by Gasteiger charge is 2.30. The van der Waals surface area contributed by atoms with E-state index in [4.69, 9.17) is 9.47 Å². The first-order valence-electron chi connectivity index (χ1n) is 14.8. The van der Waals surface area contributed by atoms with Crippen molar-refractivity contribution in [2.24, 2.45) is 5.92 Å². The van der Waals surface area contributed by atoms with Crippen molar-refractivity contribution in [1.29, 1.82) is 0 Å². The minimum absolute atomic E-state index is 0.0475. The van der Waals surface area contributed by atoms with Gasteiger partial charge in [0.1, 0.15) is 11.6 Å². The van der Waals surface area contributed by atoms with Crippen LogP contribution in [-0.4, -0.2) is 87.4 Å². The zero-order valence-corrected chi connectivity index (χ0v) is 26.2. The van der Waals surface area contributed by atoms with Gasteiger partial charge in [0, 0.05) is 31.3 Å². The van der Waals surface area contributed by atoms with Crippen LogP contribution in [0.15, 0.2) is 47.4 Å². The number of nitrogens with one attached hydrogen (secondary N) is 1. The third kappa shape index (κ3) is 9.39. The maximum atomic E-state index is 14.2. The number of carbonyl (C=O) groups is 1. The van der Waals surface area contributed by atoms with Gasteiger partial charge >= 0.3 is 0 Å². The van der Waals surface area contributed by atoms with Crippen molar-refractivity contribution >= 4 is 21.6 Å². The second-order valence-corrected chi connectivity index (χ2v) is 13.0. The molecule has 0 bridgehead atoms. The Kier molecular flexibility index (Phi) is 12.6. The van der Waals surface area contributed by atoms with Crippen LogP contribution in [0.4, 0.5) is 10.1 Å². The molecular formula is C31H46FN3O6S. The van der Waals surface area contributed by atoms with Crippen LogP contribution in [-0.2, 0) is 14.8 Å². The lowest BCUT2D eigenvalue weighted by atomic mass is 10.0. The maximum Gasteiger partial charge on any atom is 0.261 e. The number of aliphatic hydroxyl groups excluding tert-OH is 1. The topological polar surface area (TPSA) is 108 Å². The summed E-state index contributed by atoms with van der Waals surface area (Å²) in [7, 11) is -1.98. The highest BCUT2D eigenvalue weighted by atomic mass is 32.2. The van der Waals surface area contributed by atoms with E-state index in [0.717, 1.165) is 50.9 Å². The van der Waals surface area contributed by atoms with Crippen LogP contribution in [0, 0.1) is 11.7 Å². The molecule has 0 aromatic heterocycles. The van der Waals surface area contributed by atoms with Crippen molar-refractivity contribution in [3.8, 4) is 5.75 Å². The summed E-state index contributed by atoms with van der Waals surface area (Å²) < 4.78 is 54.5. The van der Waals surface area contributed by atoms with Gasteiger partial charge in [0.25, 0.3) is 15.9 Å². The maximum absolute atomic E-state index is 14.2. The van der Waals surface area contributed by atoms with Crippen molar-refractivity contribution in [3.05, 3.63) is 53.8 Å². The van der Waals surface area contributed by atoms with Crippen molar-refractivity contribution in [1.82, 2.24) is 9.80 Å². The summed E-state index contributed by atoms with van der Waals surface area (Å²) >= 11 is 0. The van der Waals surface area contributed by atoms with Gasteiger partial charge < -0.3 is 24.4 Å². The SMILES string of the molecule is CCCN(C)C[C@@H]1OCCCC[C@@H](C)Oc2ccc(NS(=O)(=O)c3ccc(F)cc3)cc2C(=O)N([C@@H](C)CO)C[C@@H]1C. The Bertz CT molecular complexity index is 1260. The Labute approximate surface area is 250 Å². The summed E-state index contributed by atoms with van der Waals surface area (Å²) in [6, 6.07) is 8.58. The van der Waals surface area contributed by atoms with Crippen LogP contribution in [0.2, 0.25) is 0 Å². The van der Waals surface area contributed by atoms with E-state index in [0.29, 0.717) is 18.9 Å². The van der Waals surface area contributed by atoms with Crippen LogP contribution in [0.1, 0.15) is 63.7 Å². The zero-order valence-electron chi connectivity index (χ0n) is 25.4. The number of ether oxygens (including phenoxy) is 2. The van der Waals surface area contributed by atoms with E-state index in [1.54, 1.807) is 24.0 Å². The van der Waals surface area contributed by atoms with E-state index in [9.17, 15) is 22.7 Å². The highest BCUT2D eigenvalue weighted by Crippen LogP contribution is 2.29. The number of likely N-dealkylation sites (N-methyl/N-ethyl adjacent to an activating group) is 1. The molecule has 1 amide bonds. The molecule has 1 aliphatic heterocycles. The number of fused-ring (bicyclic) bond motifs is 1. The average Bonchev–Trinajstić information content (AvgIpc) is 2.94. The summed E-state index contributed by atoms with van der Waals surface area (Å²) in [4.78, 5) is 17.9. The van der Waals surface area contributed by atoms with E-state index in [-0.39, 0.29) is 46.8 Å². The molecule has 0 unspecified atom stereocenters. The number of hydrogen-bond donors (Lipinski definition) is 2. The van der Waals surface area contributed by atoms with Gasteiger partial charge in [0.15, 0.2) is 0 Å². The summed E-state index contributed by atoms with van der Waals surface area (Å²) in [6.45, 7) is 10.2. The first kappa shape index (κ1) is 33.8. The van der Waals surface area contributed by atoms with Crippen LogP contribution >= 0.6 is 0 Å². The molecule has 3 rings (SSSR count). The zero-order chi connectivity index (χ0) is 30.9. The van der Waals surface area contributed by atoms with E-state index >= 15 is 0 Å². The number of halogens is 1. The van der Waals surface area contributed by atoms with Crippen LogP contribution < -0.4 is 9.46 Å². The first-order valence-corrected chi connectivity index (χ1v) is 16.2. The number of rotatable bonds is 9. The molecule has 1 aliphatic rings. The molecular weight excluding hydrogens is 561 g/mol.